The van der Waals surface area contributed by atoms with Gasteiger partial charge in [-0.15, -0.1) is 0 Å². The maximum atomic E-state index is 10.3. The highest BCUT2D eigenvalue weighted by atomic mass is 35.5. The van der Waals surface area contributed by atoms with Gasteiger partial charge in [-0.2, -0.15) is 0 Å². The van der Waals surface area contributed by atoms with Crippen molar-refractivity contribution in [2.24, 2.45) is 0 Å². The molecular weight excluding hydrogens is 246 g/mol. The quantitative estimate of drug-likeness (QED) is 0.381. The summed E-state index contributed by atoms with van der Waals surface area (Å²) in [5, 5.41) is 17.0. The lowest BCUT2D eigenvalue weighted by atomic mass is 10.2. The molecule has 0 aliphatic rings. The standard InChI is InChI=1S/C11H21NO4.ClH/c1-12(2,9-5-7-11(15)16)8-4-3-6-10(13)14;/h3-9H2,1-2H3,(H-,13,14,15,16);1H. The van der Waals surface area contributed by atoms with Crippen LogP contribution in [0.3, 0.4) is 0 Å². The Hall–Kier alpha value is -0.810. The van der Waals surface area contributed by atoms with E-state index in [1.165, 1.54) is 0 Å². The summed E-state index contributed by atoms with van der Waals surface area (Å²) in [5.74, 6) is -1.51. The molecule has 5 nitrogen and oxygen atoms in total. The summed E-state index contributed by atoms with van der Waals surface area (Å²) < 4.78 is 0.757. The molecule has 0 radical (unpaired) electrons. The van der Waals surface area contributed by atoms with Crippen LogP contribution in [0.2, 0.25) is 0 Å². The number of carbonyl (C=O) groups is 2. The Bertz CT molecular complexity index is 244. The molecule has 0 fully saturated rings. The van der Waals surface area contributed by atoms with E-state index in [9.17, 15) is 9.59 Å². The first-order chi connectivity index (χ1) is 7.33. The summed E-state index contributed by atoms with van der Waals surface area (Å²) in [5.41, 5.74) is 0. The van der Waals surface area contributed by atoms with Crippen molar-refractivity contribution in [2.45, 2.75) is 32.1 Å². The van der Waals surface area contributed by atoms with Crippen LogP contribution >= 0.6 is 0 Å². The van der Waals surface area contributed by atoms with E-state index in [0.717, 1.165) is 24.0 Å². The summed E-state index contributed by atoms with van der Waals surface area (Å²) in [6.45, 7) is 1.71. The Morgan fingerprint density at radius 2 is 1.29 bits per heavy atom. The zero-order valence-electron chi connectivity index (χ0n) is 10.5. The third kappa shape index (κ3) is 13.1. The van der Waals surface area contributed by atoms with Crippen LogP contribution in [0.25, 0.3) is 0 Å². The SMILES string of the molecule is C[N+](C)(CCCCC(=O)O)CCCC(=O)O.[Cl-]. The van der Waals surface area contributed by atoms with Gasteiger partial charge in [-0.05, 0) is 12.8 Å². The van der Waals surface area contributed by atoms with E-state index in [1.807, 2.05) is 14.1 Å². The zero-order chi connectivity index (χ0) is 12.6. The molecule has 0 bridgehead atoms. The molecule has 0 aromatic rings. The van der Waals surface area contributed by atoms with Gasteiger partial charge < -0.3 is 27.1 Å². The third-order valence-electron chi connectivity index (χ3n) is 2.56. The molecule has 0 amide bonds. The Morgan fingerprint density at radius 1 is 0.882 bits per heavy atom. The van der Waals surface area contributed by atoms with Crippen molar-refractivity contribution in [1.82, 2.24) is 0 Å². The van der Waals surface area contributed by atoms with Crippen molar-refractivity contribution in [2.75, 3.05) is 27.2 Å². The topological polar surface area (TPSA) is 74.6 Å². The van der Waals surface area contributed by atoms with Crippen LogP contribution in [-0.4, -0.2) is 53.8 Å². The van der Waals surface area contributed by atoms with Crippen LogP contribution in [0, 0.1) is 0 Å². The lowest BCUT2D eigenvalue weighted by Crippen LogP contribution is -3.00. The lowest BCUT2D eigenvalue weighted by Gasteiger charge is -2.29. The number of hydrogen-bond donors (Lipinski definition) is 2. The van der Waals surface area contributed by atoms with E-state index < -0.39 is 11.9 Å². The van der Waals surface area contributed by atoms with E-state index in [4.69, 9.17) is 10.2 Å². The van der Waals surface area contributed by atoms with Gasteiger partial charge in [-0.3, -0.25) is 9.59 Å². The number of rotatable bonds is 9. The molecule has 0 saturated carbocycles. The first-order valence-electron chi connectivity index (χ1n) is 5.59. The van der Waals surface area contributed by atoms with Gasteiger partial charge in [-0.1, -0.05) is 0 Å². The van der Waals surface area contributed by atoms with Gasteiger partial charge in [0, 0.05) is 12.8 Å². The minimum atomic E-state index is -0.758. The molecule has 0 saturated heterocycles. The van der Waals surface area contributed by atoms with Crippen molar-refractivity contribution in [1.29, 1.82) is 0 Å². The Labute approximate surface area is 108 Å². The maximum absolute atomic E-state index is 10.3. The second-order valence-corrected chi connectivity index (χ2v) is 4.73. The molecule has 0 atom stereocenters. The van der Waals surface area contributed by atoms with Gasteiger partial charge in [0.25, 0.3) is 0 Å². The summed E-state index contributed by atoms with van der Waals surface area (Å²) in [4.78, 5) is 20.6. The van der Waals surface area contributed by atoms with Gasteiger partial charge in [0.05, 0.1) is 33.6 Å². The molecule has 17 heavy (non-hydrogen) atoms. The monoisotopic (exact) mass is 267 g/mol. The smallest absolute Gasteiger partial charge is 0.303 e. The number of carboxylic acid groups (broad SMARTS) is 2. The number of nitrogens with zero attached hydrogens (tertiary/aromatic N) is 1. The molecular formula is C11H22ClNO4. The molecule has 0 aromatic carbocycles. The molecule has 0 spiro atoms. The molecule has 0 rings (SSSR count). The summed E-state index contributed by atoms with van der Waals surface area (Å²) >= 11 is 0. The summed E-state index contributed by atoms with van der Waals surface area (Å²) in [6.07, 6.45) is 2.65. The van der Waals surface area contributed by atoms with Gasteiger partial charge >= 0.3 is 11.9 Å². The van der Waals surface area contributed by atoms with E-state index in [1.54, 1.807) is 0 Å². The van der Waals surface area contributed by atoms with Gasteiger partial charge in [-0.25, -0.2) is 0 Å². The van der Waals surface area contributed by atoms with Crippen molar-refractivity contribution >= 4 is 11.9 Å². The number of quaternary nitrogens is 1. The summed E-state index contributed by atoms with van der Waals surface area (Å²) in [7, 11) is 4.09. The minimum Gasteiger partial charge on any atom is -1.00 e. The van der Waals surface area contributed by atoms with Crippen LogP contribution in [0.15, 0.2) is 0 Å². The molecule has 0 aromatic heterocycles. The average Bonchev–Trinajstić information content (AvgIpc) is 2.11. The largest absolute Gasteiger partial charge is 1.00 e. The maximum Gasteiger partial charge on any atom is 0.303 e. The van der Waals surface area contributed by atoms with E-state index in [0.29, 0.717) is 12.8 Å². The molecule has 0 heterocycles. The highest BCUT2D eigenvalue weighted by Crippen LogP contribution is 2.06. The van der Waals surface area contributed by atoms with Crippen LogP contribution in [-0.2, 0) is 9.59 Å². The van der Waals surface area contributed by atoms with Crippen molar-refractivity contribution in [3.63, 3.8) is 0 Å². The van der Waals surface area contributed by atoms with Crippen molar-refractivity contribution < 1.29 is 36.7 Å². The minimum absolute atomic E-state index is 0. The molecule has 0 aliphatic carbocycles. The van der Waals surface area contributed by atoms with E-state index in [2.05, 4.69) is 0 Å². The molecule has 2 N–H and O–H groups in total. The Kier molecular flexibility index (Phi) is 10.1. The predicted octanol–water partition coefficient (Wildman–Crippen LogP) is -1.81. The van der Waals surface area contributed by atoms with Crippen molar-refractivity contribution in [3.8, 4) is 0 Å². The Balaban J connectivity index is 0. The highest BCUT2D eigenvalue weighted by Gasteiger charge is 2.14. The predicted molar refractivity (Wildman–Crippen MR) is 60.2 cm³/mol. The number of halogens is 1. The van der Waals surface area contributed by atoms with Gasteiger partial charge in [0.2, 0.25) is 0 Å². The zero-order valence-corrected chi connectivity index (χ0v) is 11.2. The lowest BCUT2D eigenvalue weighted by molar-refractivity contribution is -0.890. The number of carboxylic acids is 2. The molecule has 102 valence electrons. The number of unbranched alkanes of at least 4 members (excludes halogenated alkanes) is 1. The second-order valence-electron chi connectivity index (χ2n) is 4.73. The first kappa shape index (κ1) is 18.6. The highest BCUT2D eigenvalue weighted by molar-refractivity contribution is 5.66. The van der Waals surface area contributed by atoms with Gasteiger partial charge in [0.15, 0.2) is 0 Å². The fraction of sp³-hybridized carbons (Fsp3) is 0.818. The normalized spacial score (nSPS) is 10.7. The van der Waals surface area contributed by atoms with Crippen LogP contribution in [0.1, 0.15) is 32.1 Å². The number of aliphatic carboxylic acids is 2. The average molecular weight is 268 g/mol. The number of hydrogen-bond acceptors (Lipinski definition) is 2. The second kappa shape index (κ2) is 9.24. The van der Waals surface area contributed by atoms with Crippen LogP contribution in [0.4, 0.5) is 0 Å². The van der Waals surface area contributed by atoms with Crippen LogP contribution < -0.4 is 12.4 Å². The van der Waals surface area contributed by atoms with Crippen LogP contribution in [0.5, 0.6) is 0 Å². The molecule has 0 aliphatic heterocycles. The third-order valence-corrected chi connectivity index (χ3v) is 2.56. The van der Waals surface area contributed by atoms with E-state index >= 15 is 0 Å². The first-order valence-corrected chi connectivity index (χ1v) is 5.59. The fourth-order valence-electron chi connectivity index (χ4n) is 1.59. The fourth-order valence-corrected chi connectivity index (χ4v) is 1.59. The van der Waals surface area contributed by atoms with Crippen molar-refractivity contribution in [3.05, 3.63) is 0 Å². The summed E-state index contributed by atoms with van der Waals surface area (Å²) in [6, 6.07) is 0. The molecule has 6 heteroatoms. The molecule has 0 unspecified atom stereocenters. The Morgan fingerprint density at radius 3 is 1.76 bits per heavy atom. The van der Waals surface area contributed by atoms with Gasteiger partial charge in [0.1, 0.15) is 0 Å². The van der Waals surface area contributed by atoms with E-state index in [-0.39, 0.29) is 25.2 Å².